The molecule has 0 aliphatic carbocycles. The number of thiazole rings is 1. The zero-order chi connectivity index (χ0) is 14.4. The van der Waals surface area contributed by atoms with E-state index in [-0.39, 0.29) is 18.3 Å². The highest BCUT2D eigenvalue weighted by molar-refractivity contribution is 7.10. The van der Waals surface area contributed by atoms with Gasteiger partial charge in [0.15, 0.2) is 0 Å². The first-order valence-electron chi connectivity index (χ1n) is 6.64. The van der Waals surface area contributed by atoms with Crippen LogP contribution in [0, 0.1) is 5.92 Å². The largest absolute Gasteiger partial charge is 0.350 e. The molecule has 0 saturated carbocycles. The fourth-order valence-corrected chi connectivity index (χ4v) is 3.52. The van der Waals surface area contributed by atoms with Crippen LogP contribution in [-0.4, -0.2) is 24.0 Å². The molecule has 0 aliphatic rings. The summed E-state index contributed by atoms with van der Waals surface area (Å²) in [6.07, 6.45) is 1.72. The van der Waals surface area contributed by atoms with Crippen LogP contribution >= 0.6 is 35.1 Å². The van der Waals surface area contributed by atoms with Crippen molar-refractivity contribution in [1.29, 1.82) is 0 Å². The number of amides is 1. The second-order valence-corrected chi connectivity index (χ2v) is 6.74. The topological polar surface area (TPSA) is 68.0 Å². The van der Waals surface area contributed by atoms with Crippen molar-refractivity contribution >= 4 is 41.0 Å². The van der Waals surface area contributed by atoms with Crippen LogP contribution < -0.4 is 11.1 Å². The van der Waals surface area contributed by atoms with Crippen molar-refractivity contribution < 1.29 is 4.79 Å². The van der Waals surface area contributed by atoms with Gasteiger partial charge in [0, 0.05) is 23.2 Å². The highest BCUT2D eigenvalue weighted by atomic mass is 35.5. The van der Waals surface area contributed by atoms with E-state index >= 15 is 0 Å². The third-order valence-electron chi connectivity index (χ3n) is 2.88. The molecule has 7 heteroatoms. The molecule has 0 spiro atoms. The average Bonchev–Trinajstić information content (AvgIpc) is 3.08. The second-order valence-electron chi connectivity index (χ2n) is 4.76. The molecule has 1 atom stereocenters. The summed E-state index contributed by atoms with van der Waals surface area (Å²) in [4.78, 5) is 17.6. The van der Waals surface area contributed by atoms with Crippen LogP contribution in [0.25, 0.3) is 0 Å². The van der Waals surface area contributed by atoms with Crippen molar-refractivity contribution in [3.8, 4) is 0 Å². The SMILES string of the molecule is CC(CNC(=O)c1csc(CCN)n1)Cc1cccs1.Cl. The van der Waals surface area contributed by atoms with Gasteiger partial charge in [0.1, 0.15) is 5.69 Å². The number of nitrogens with two attached hydrogens (primary N) is 1. The summed E-state index contributed by atoms with van der Waals surface area (Å²) in [7, 11) is 0. The minimum atomic E-state index is -0.0949. The van der Waals surface area contributed by atoms with Crippen molar-refractivity contribution in [2.24, 2.45) is 11.7 Å². The molecule has 2 aromatic rings. The fraction of sp³-hybridized carbons (Fsp3) is 0.429. The van der Waals surface area contributed by atoms with Gasteiger partial charge in [-0.3, -0.25) is 4.79 Å². The van der Waals surface area contributed by atoms with Gasteiger partial charge >= 0.3 is 0 Å². The molecule has 4 nitrogen and oxygen atoms in total. The Hall–Kier alpha value is -0.950. The summed E-state index contributed by atoms with van der Waals surface area (Å²) < 4.78 is 0. The summed E-state index contributed by atoms with van der Waals surface area (Å²) in [5.41, 5.74) is 5.98. The molecular formula is C14H20ClN3OS2. The van der Waals surface area contributed by atoms with Gasteiger partial charge in [-0.05, 0) is 30.3 Å². The Balaban J connectivity index is 0.00000220. The first-order valence-corrected chi connectivity index (χ1v) is 8.40. The molecule has 116 valence electrons. The van der Waals surface area contributed by atoms with Crippen LogP contribution in [0.3, 0.4) is 0 Å². The van der Waals surface area contributed by atoms with E-state index < -0.39 is 0 Å². The van der Waals surface area contributed by atoms with Crippen molar-refractivity contribution in [2.75, 3.05) is 13.1 Å². The molecule has 0 aromatic carbocycles. The summed E-state index contributed by atoms with van der Waals surface area (Å²) >= 11 is 3.25. The maximum atomic E-state index is 12.0. The van der Waals surface area contributed by atoms with Crippen LogP contribution in [0.15, 0.2) is 22.9 Å². The van der Waals surface area contributed by atoms with Gasteiger partial charge in [-0.15, -0.1) is 35.1 Å². The summed E-state index contributed by atoms with van der Waals surface area (Å²) in [6, 6.07) is 4.18. The minimum Gasteiger partial charge on any atom is -0.350 e. The maximum absolute atomic E-state index is 12.0. The molecular weight excluding hydrogens is 326 g/mol. The molecule has 3 N–H and O–H groups in total. The van der Waals surface area contributed by atoms with Crippen LogP contribution in [0.4, 0.5) is 0 Å². The monoisotopic (exact) mass is 345 g/mol. The van der Waals surface area contributed by atoms with E-state index in [2.05, 4.69) is 34.7 Å². The first-order chi connectivity index (χ1) is 9.69. The number of nitrogens with zero attached hydrogens (tertiary/aromatic N) is 1. The summed E-state index contributed by atoms with van der Waals surface area (Å²) in [6.45, 7) is 3.37. The van der Waals surface area contributed by atoms with E-state index in [0.717, 1.165) is 17.8 Å². The first kappa shape index (κ1) is 18.1. The molecule has 0 fully saturated rings. The molecule has 2 aromatic heterocycles. The van der Waals surface area contributed by atoms with Crippen LogP contribution in [0.1, 0.15) is 27.3 Å². The number of rotatable bonds is 7. The van der Waals surface area contributed by atoms with Crippen molar-refractivity contribution in [3.63, 3.8) is 0 Å². The van der Waals surface area contributed by atoms with Crippen LogP contribution in [0.2, 0.25) is 0 Å². The quantitative estimate of drug-likeness (QED) is 0.810. The lowest BCUT2D eigenvalue weighted by Crippen LogP contribution is -2.29. The second kappa shape index (κ2) is 9.15. The van der Waals surface area contributed by atoms with Crippen LogP contribution in [-0.2, 0) is 12.8 Å². The standard InChI is InChI=1S/C14H19N3OS2.ClH/c1-10(7-11-3-2-6-19-11)8-16-14(18)12-9-20-13(17-12)4-5-15;/h2-3,6,9-10H,4-5,7-8,15H2,1H3,(H,16,18);1H. The van der Waals surface area contributed by atoms with E-state index in [1.807, 2.05) is 0 Å². The molecule has 2 heterocycles. The van der Waals surface area contributed by atoms with E-state index in [4.69, 9.17) is 5.73 Å². The maximum Gasteiger partial charge on any atom is 0.270 e. The predicted molar refractivity (Wildman–Crippen MR) is 91.6 cm³/mol. The van der Waals surface area contributed by atoms with Gasteiger partial charge in [0.05, 0.1) is 5.01 Å². The van der Waals surface area contributed by atoms with Gasteiger partial charge in [0.2, 0.25) is 0 Å². The van der Waals surface area contributed by atoms with Crippen molar-refractivity contribution in [2.45, 2.75) is 19.8 Å². The highest BCUT2D eigenvalue weighted by Crippen LogP contribution is 2.14. The Morgan fingerprint density at radius 3 is 2.95 bits per heavy atom. The molecule has 0 radical (unpaired) electrons. The van der Waals surface area contributed by atoms with Gasteiger partial charge in [-0.1, -0.05) is 13.0 Å². The van der Waals surface area contributed by atoms with Gasteiger partial charge in [-0.2, -0.15) is 0 Å². The number of nitrogens with one attached hydrogen (secondary N) is 1. The van der Waals surface area contributed by atoms with Gasteiger partial charge in [-0.25, -0.2) is 4.98 Å². The molecule has 0 saturated heterocycles. The molecule has 0 aliphatic heterocycles. The fourth-order valence-electron chi connectivity index (χ4n) is 1.86. The van der Waals surface area contributed by atoms with E-state index in [0.29, 0.717) is 24.7 Å². The van der Waals surface area contributed by atoms with E-state index in [1.54, 1.807) is 16.7 Å². The molecule has 21 heavy (non-hydrogen) atoms. The molecule has 2 rings (SSSR count). The smallest absolute Gasteiger partial charge is 0.270 e. The van der Waals surface area contributed by atoms with Crippen LogP contribution in [0.5, 0.6) is 0 Å². The number of carbonyl (C=O) groups is 1. The zero-order valence-electron chi connectivity index (χ0n) is 11.9. The Morgan fingerprint density at radius 2 is 2.29 bits per heavy atom. The highest BCUT2D eigenvalue weighted by Gasteiger charge is 2.12. The number of hydrogen-bond acceptors (Lipinski definition) is 5. The third kappa shape index (κ3) is 5.74. The predicted octanol–water partition coefficient (Wildman–Crippen LogP) is 2.74. The molecule has 1 amide bonds. The summed E-state index contributed by atoms with van der Waals surface area (Å²) in [5, 5.41) is 7.74. The lowest BCUT2D eigenvalue weighted by atomic mass is 10.1. The van der Waals surface area contributed by atoms with Crippen molar-refractivity contribution in [1.82, 2.24) is 10.3 Å². The number of halogens is 1. The van der Waals surface area contributed by atoms with E-state index in [1.165, 1.54) is 16.2 Å². The van der Waals surface area contributed by atoms with Gasteiger partial charge < -0.3 is 11.1 Å². The normalized spacial score (nSPS) is 11.7. The lowest BCUT2D eigenvalue weighted by molar-refractivity contribution is 0.0943. The lowest BCUT2D eigenvalue weighted by Gasteiger charge is -2.10. The third-order valence-corrected chi connectivity index (χ3v) is 4.69. The number of hydrogen-bond donors (Lipinski definition) is 2. The molecule has 0 bridgehead atoms. The average molecular weight is 346 g/mol. The Morgan fingerprint density at radius 1 is 1.48 bits per heavy atom. The van der Waals surface area contributed by atoms with E-state index in [9.17, 15) is 4.79 Å². The zero-order valence-corrected chi connectivity index (χ0v) is 14.3. The Bertz CT molecular complexity index is 542. The van der Waals surface area contributed by atoms with Gasteiger partial charge in [0.25, 0.3) is 5.91 Å². The molecule has 1 unspecified atom stereocenters. The number of aromatic nitrogens is 1. The minimum absolute atomic E-state index is 0. The number of thiophene rings is 1. The Labute approximate surface area is 139 Å². The van der Waals surface area contributed by atoms with Crippen molar-refractivity contribution in [3.05, 3.63) is 38.5 Å². The number of carbonyl (C=O) groups excluding carboxylic acids is 1. The summed E-state index contributed by atoms with van der Waals surface area (Å²) in [5.74, 6) is 0.322. The Kier molecular flexibility index (Phi) is 7.88.